The van der Waals surface area contributed by atoms with Crippen LogP contribution in [0.1, 0.15) is 0 Å². The minimum absolute atomic E-state index is 0. The maximum absolute atomic E-state index is 11.4. The van der Waals surface area contributed by atoms with Gasteiger partial charge in [-0.2, -0.15) is 0 Å². The van der Waals surface area contributed by atoms with Gasteiger partial charge in [-0.15, -0.1) is 0 Å². The molecule has 32 heteroatoms. The molecule has 216 valence electrons. The molecule has 0 heterocycles. The fraction of sp³-hybridized carbons (Fsp3) is 1.00. The normalized spacial score (nSPS) is 27.8. The van der Waals surface area contributed by atoms with E-state index in [1.165, 1.54) is 0 Å². The second kappa shape index (κ2) is 15.5. The number of rotatable bonds is 12. The van der Waals surface area contributed by atoms with Gasteiger partial charge in [-0.05, 0) is 0 Å². The summed E-state index contributed by atoms with van der Waals surface area (Å²) in [4.78, 5) is 117. The molecule has 0 saturated heterocycles. The van der Waals surface area contributed by atoms with E-state index in [1.807, 2.05) is 0 Å². The molecule has 38 heavy (non-hydrogen) atoms. The Morgan fingerprint density at radius 1 is 0.368 bits per heavy atom. The van der Waals surface area contributed by atoms with Gasteiger partial charge < -0.3 is 76.9 Å². The summed E-state index contributed by atoms with van der Waals surface area (Å²) in [5, 5.41) is 0. The SMILES string of the molecule is O=P([O-])([O-])O[C@@H]1[C@H](OP(=O)([O-])[O-])[C@@H](OP(=O)(O)O)[C@H](OP(=O)(O)O)[C@@H](OP(=O)(O)O)[C@@H]1OP(=O)(O)O.[Ca+2].[Ca+2]. The van der Waals surface area contributed by atoms with Gasteiger partial charge in [0.2, 0.25) is 0 Å². The van der Waals surface area contributed by atoms with Crippen LogP contribution in [0.15, 0.2) is 0 Å². The fourth-order valence-corrected chi connectivity index (χ4v) is 6.08. The van der Waals surface area contributed by atoms with Crippen molar-refractivity contribution in [1.29, 1.82) is 0 Å². The molecule has 8 N–H and O–H groups in total. The maximum atomic E-state index is 11.4. The molecular formula is C6H14Ca2O24P6. The van der Waals surface area contributed by atoms with Crippen molar-refractivity contribution in [2.24, 2.45) is 0 Å². The van der Waals surface area contributed by atoms with E-state index in [-0.39, 0.29) is 75.5 Å². The Balaban J connectivity index is 0. The standard InChI is InChI=1S/C6H18O24P6.2Ca/c7-31(8,9)25-1-2(26-32(10,11)12)4(28-34(16,17)18)6(30-36(22,23)24)5(29-35(19,20)21)3(1)27-33(13,14)15;;/h1-6H,(H2,7,8,9)(H2,10,11,12)(H2,13,14,15)(H2,16,17,18)(H2,19,20,21)(H2,22,23,24);;/q;2*+2/p-4/t1-,2-,3-,4+,5-,6-;;. The summed E-state index contributed by atoms with van der Waals surface area (Å²) >= 11 is 0. The van der Waals surface area contributed by atoms with Crippen molar-refractivity contribution in [1.82, 2.24) is 0 Å². The zero-order valence-electron chi connectivity index (χ0n) is 17.7. The molecule has 0 aromatic heterocycles. The molecule has 1 fully saturated rings. The zero-order chi connectivity index (χ0) is 28.7. The third-order valence-corrected chi connectivity index (χ3v) is 6.56. The number of phosphoric ester groups is 6. The average molecular weight is 736 g/mol. The van der Waals surface area contributed by atoms with Gasteiger partial charge >= 0.3 is 107 Å². The summed E-state index contributed by atoms with van der Waals surface area (Å²) in [5.41, 5.74) is 0. The van der Waals surface area contributed by atoms with E-state index in [9.17, 15) is 47.0 Å². The van der Waals surface area contributed by atoms with Gasteiger partial charge in [0.1, 0.15) is 36.6 Å². The molecule has 0 aliphatic heterocycles. The second-order valence-electron chi connectivity index (χ2n) is 6.28. The van der Waals surface area contributed by atoms with Crippen LogP contribution in [0.2, 0.25) is 0 Å². The molecule has 6 atom stereocenters. The first kappa shape index (κ1) is 43.3. The minimum atomic E-state index is -6.56. The van der Waals surface area contributed by atoms with Gasteiger partial charge in [-0.3, -0.25) is 18.1 Å². The Morgan fingerprint density at radius 2 is 0.500 bits per heavy atom. The molecule has 0 radical (unpaired) electrons. The van der Waals surface area contributed by atoms with Crippen molar-refractivity contribution in [2.75, 3.05) is 0 Å². The Bertz CT molecular complexity index is 829. The Morgan fingerprint density at radius 3 is 0.605 bits per heavy atom. The molecule has 1 rings (SSSR count). The Hall–Kier alpha value is 3.18. The van der Waals surface area contributed by atoms with Crippen molar-refractivity contribution >= 4 is 122 Å². The van der Waals surface area contributed by atoms with Crippen LogP contribution >= 0.6 is 46.9 Å². The molecule has 0 aromatic rings. The molecule has 0 amide bonds. The average Bonchev–Trinajstić information content (AvgIpc) is 2.51. The Kier molecular flexibility index (Phi) is 17.6. The van der Waals surface area contributed by atoms with E-state index >= 15 is 0 Å². The van der Waals surface area contributed by atoms with Crippen molar-refractivity contribution in [3.63, 3.8) is 0 Å². The first-order valence-electron chi connectivity index (χ1n) is 7.94. The molecule has 0 unspecified atom stereocenters. The molecular weight excluding hydrogens is 722 g/mol. The van der Waals surface area contributed by atoms with E-state index < -0.39 is 83.6 Å². The van der Waals surface area contributed by atoms with Crippen LogP contribution in [0, 0.1) is 0 Å². The number of hydrogen-bond donors (Lipinski definition) is 8. The van der Waals surface area contributed by atoms with Crippen LogP contribution < -0.4 is 19.6 Å². The summed E-state index contributed by atoms with van der Waals surface area (Å²) in [6.45, 7) is 0. The van der Waals surface area contributed by atoms with Gasteiger partial charge in [0.15, 0.2) is 0 Å². The van der Waals surface area contributed by atoms with Crippen molar-refractivity contribution in [3.8, 4) is 0 Å². The second-order valence-corrected chi connectivity index (χ2v) is 13.3. The maximum Gasteiger partial charge on any atom is 2.00 e. The molecule has 1 aliphatic rings. The number of hydrogen-bond acceptors (Lipinski definition) is 16. The van der Waals surface area contributed by atoms with Crippen LogP contribution in [0.25, 0.3) is 0 Å². The van der Waals surface area contributed by atoms with Crippen LogP contribution in [0.3, 0.4) is 0 Å². The van der Waals surface area contributed by atoms with Gasteiger partial charge in [0.25, 0.3) is 0 Å². The molecule has 0 bridgehead atoms. The van der Waals surface area contributed by atoms with E-state index in [2.05, 4.69) is 27.1 Å². The minimum Gasteiger partial charge on any atom is -0.790 e. The summed E-state index contributed by atoms with van der Waals surface area (Å²) in [7, 11) is -37.4. The van der Waals surface area contributed by atoms with Crippen LogP contribution in [0.5, 0.6) is 0 Å². The third-order valence-electron chi connectivity index (χ3n) is 3.48. The first-order chi connectivity index (χ1) is 15.6. The number of phosphoric acid groups is 6. The summed E-state index contributed by atoms with van der Waals surface area (Å²) < 4.78 is 91.5. The van der Waals surface area contributed by atoms with Gasteiger partial charge in [-0.25, -0.2) is 18.3 Å². The van der Waals surface area contributed by atoms with Crippen molar-refractivity contribution < 1.29 is 113 Å². The van der Waals surface area contributed by atoms with Crippen LogP contribution in [0.4, 0.5) is 0 Å². The van der Waals surface area contributed by atoms with Gasteiger partial charge in [-0.1, -0.05) is 0 Å². The molecule has 1 aliphatic carbocycles. The molecule has 0 aromatic carbocycles. The predicted octanol–water partition coefficient (Wildman–Crippen LogP) is -6.42. The van der Waals surface area contributed by atoms with E-state index in [4.69, 9.17) is 39.1 Å². The van der Waals surface area contributed by atoms with E-state index in [0.717, 1.165) is 0 Å². The van der Waals surface area contributed by atoms with E-state index in [0.29, 0.717) is 0 Å². The van der Waals surface area contributed by atoms with Gasteiger partial charge in [0, 0.05) is 0 Å². The van der Waals surface area contributed by atoms with Crippen molar-refractivity contribution in [3.05, 3.63) is 0 Å². The summed E-state index contributed by atoms with van der Waals surface area (Å²) in [5.74, 6) is 0. The first-order valence-corrected chi connectivity index (χ1v) is 17.0. The predicted molar refractivity (Wildman–Crippen MR) is 104 cm³/mol. The topological polar surface area (TPSA) is 412 Å². The molecule has 0 spiro atoms. The Labute approximate surface area is 269 Å². The quantitative estimate of drug-likeness (QED) is 0.0682. The largest absolute Gasteiger partial charge is 2.00 e. The van der Waals surface area contributed by atoms with E-state index in [1.54, 1.807) is 0 Å². The zero-order valence-corrected chi connectivity index (χ0v) is 27.5. The molecule has 24 nitrogen and oxygen atoms in total. The fourth-order valence-electron chi connectivity index (χ4n) is 2.77. The van der Waals surface area contributed by atoms with Crippen LogP contribution in [-0.2, 0) is 54.5 Å². The summed E-state index contributed by atoms with van der Waals surface area (Å²) in [6, 6.07) is 0. The van der Waals surface area contributed by atoms with Crippen LogP contribution in [-0.4, -0.2) is 151 Å². The summed E-state index contributed by atoms with van der Waals surface area (Å²) in [6.07, 6.45) is -19.7. The smallest absolute Gasteiger partial charge is 0.790 e. The van der Waals surface area contributed by atoms with Gasteiger partial charge in [0.05, 0.1) is 15.6 Å². The molecule has 1 saturated carbocycles. The third kappa shape index (κ3) is 17.5. The monoisotopic (exact) mass is 736 g/mol. The van der Waals surface area contributed by atoms with Crippen molar-refractivity contribution in [2.45, 2.75) is 36.6 Å².